The van der Waals surface area contributed by atoms with E-state index in [0.717, 1.165) is 16.7 Å². The van der Waals surface area contributed by atoms with Gasteiger partial charge in [0, 0.05) is 19.7 Å². The Bertz CT molecular complexity index is 1540. The van der Waals surface area contributed by atoms with Gasteiger partial charge in [-0.05, 0) is 17.2 Å². The number of benzene rings is 2. The second kappa shape index (κ2) is 8.87. The number of aromatic nitrogens is 5. The zero-order chi connectivity index (χ0) is 23.7. The number of carboxylic acid groups (broad SMARTS) is 1. The van der Waals surface area contributed by atoms with Gasteiger partial charge in [0.05, 0.1) is 17.9 Å². The lowest BCUT2D eigenvalue weighted by Gasteiger charge is -2.16. The van der Waals surface area contributed by atoms with Gasteiger partial charge in [0.1, 0.15) is 11.6 Å². The molecule has 34 heavy (non-hydrogen) atoms. The second-order valence-corrected chi connectivity index (χ2v) is 7.86. The molecule has 3 heterocycles. The average Bonchev–Trinajstić information content (AvgIpc) is 3.23. The maximum absolute atomic E-state index is 13.3. The van der Waals surface area contributed by atoms with Crippen LogP contribution < -0.4 is 5.56 Å². The third kappa shape index (κ3) is 3.71. The molecule has 0 aliphatic heterocycles. The number of ether oxygens (including phenoxy) is 1. The summed E-state index contributed by atoms with van der Waals surface area (Å²) in [5.41, 5.74) is 3.57. The molecule has 0 saturated carbocycles. The molecule has 0 bridgehead atoms. The van der Waals surface area contributed by atoms with E-state index in [1.54, 1.807) is 17.7 Å². The maximum atomic E-state index is 13.3. The van der Waals surface area contributed by atoms with Crippen molar-refractivity contribution in [1.29, 1.82) is 0 Å². The third-order valence-corrected chi connectivity index (χ3v) is 5.72. The van der Waals surface area contributed by atoms with E-state index >= 15 is 0 Å². The van der Waals surface area contributed by atoms with Gasteiger partial charge in [-0.25, -0.2) is 9.31 Å². The van der Waals surface area contributed by atoms with Crippen LogP contribution in [0.4, 0.5) is 0 Å². The number of fused-ring (bicyclic) bond motifs is 3. The highest BCUT2D eigenvalue weighted by molar-refractivity contribution is 5.84. The van der Waals surface area contributed by atoms with Crippen LogP contribution in [0.5, 0.6) is 0 Å². The molecule has 3 aromatic heterocycles. The summed E-state index contributed by atoms with van der Waals surface area (Å²) in [5.74, 6) is -1.10. The molecule has 0 aliphatic rings. The van der Waals surface area contributed by atoms with Crippen molar-refractivity contribution in [1.82, 2.24) is 24.4 Å². The Labute approximate surface area is 193 Å². The smallest absolute Gasteiger partial charge is 0.327 e. The quantitative estimate of drug-likeness (QED) is 0.401. The van der Waals surface area contributed by atoms with Gasteiger partial charge in [-0.2, -0.15) is 5.10 Å². The predicted molar refractivity (Wildman–Crippen MR) is 126 cm³/mol. The summed E-state index contributed by atoms with van der Waals surface area (Å²) in [6.45, 7) is 0.254. The minimum atomic E-state index is -1.10. The van der Waals surface area contributed by atoms with Crippen LogP contribution in [0.2, 0.25) is 0 Å². The van der Waals surface area contributed by atoms with Crippen molar-refractivity contribution in [2.75, 3.05) is 7.11 Å². The predicted octanol–water partition coefficient (Wildman–Crippen LogP) is 3.12. The van der Waals surface area contributed by atoms with Gasteiger partial charge < -0.3 is 9.84 Å². The monoisotopic (exact) mass is 455 g/mol. The van der Waals surface area contributed by atoms with Gasteiger partial charge in [0.2, 0.25) is 0 Å². The van der Waals surface area contributed by atoms with Crippen LogP contribution in [0.15, 0.2) is 77.7 Å². The van der Waals surface area contributed by atoms with Crippen molar-refractivity contribution >= 4 is 22.6 Å². The van der Waals surface area contributed by atoms with Crippen LogP contribution in [-0.2, 0) is 22.6 Å². The zero-order valence-electron chi connectivity index (χ0n) is 18.3. The van der Waals surface area contributed by atoms with Gasteiger partial charge >= 0.3 is 5.97 Å². The highest BCUT2D eigenvalue weighted by Crippen LogP contribution is 2.29. The molecular weight excluding hydrogens is 434 g/mol. The molecule has 0 unspecified atom stereocenters. The number of hydrogen-bond acceptors (Lipinski definition) is 6. The van der Waals surface area contributed by atoms with Crippen LogP contribution in [0.3, 0.4) is 0 Å². The minimum Gasteiger partial charge on any atom is -0.480 e. The van der Waals surface area contributed by atoms with Crippen molar-refractivity contribution < 1.29 is 14.6 Å². The molecule has 170 valence electrons. The summed E-state index contributed by atoms with van der Waals surface area (Å²) in [7, 11) is 1.58. The van der Waals surface area contributed by atoms with Gasteiger partial charge in [0.15, 0.2) is 11.2 Å². The first-order valence-electron chi connectivity index (χ1n) is 10.7. The Morgan fingerprint density at radius 2 is 1.74 bits per heavy atom. The first-order valence-corrected chi connectivity index (χ1v) is 10.7. The Morgan fingerprint density at radius 3 is 2.41 bits per heavy atom. The maximum Gasteiger partial charge on any atom is 0.327 e. The molecular formula is C25H21N5O4. The van der Waals surface area contributed by atoms with Crippen molar-refractivity contribution in [2.24, 2.45) is 0 Å². The first-order chi connectivity index (χ1) is 16.6. The number of carbonyl (C=O) groups is 1. The summed E-state index contributed by atoms with van der Waals surface area (Å²) < 4.78 is 8.09. The highest BCUT2D eigenvalue weighted by Gasteiger charge is 2.24. The number of hydrogen-bond donors (Lipinski definition) is 1. The number of aliphatic carboxylic acids is 1. The third-order valence-electron chi connectivity index (χ3n) is 5.72. The summed E-state index contributed by atoms with van der Waals surface area (Å²) >= 11 is 0. The van der Waals surface area contributed by atoms with Crippen molar-refractivity contribution in [3.05, 3.63) is 94.5 Å². The lowest BCUT2D eigenvalue weighted by atomic mass is 10.1. The summed E-state index contributed by atoms with van der Waals surface area (Å²) in [4.78, 5) is 25.4. The number of rotatable bonds is 7. The van der Waals surface area contributed by atoms with E-state index in [0.29, 0.717) is 16.9 Å². The molecule has 0 aliphatic carbocycles. The van der Waals surface area contributed by atoms with E-state index < -0.39 is 17.6 Å². The molecule has 0 amide bonds. The average molecular weight is 455 g/mol. The van der Waals surface area contributed by atoms with Crippen LogP contribution in [0.25, 0.3) is 27.8 Å². The molecule has 0 saturated heterocycles. The van der Waals surface area contributed by atoms with Crippen LogP contribution >= 0.6 is 0 Å². The molecule has 1 atom stereocenters. The van der Waals surface area contributed by atoms with E-state index in [9.17, 15) is 14.7 Å². The number of methoxy groups -OCH3 is 1. The van der Waals surface area contributed by atoms with Crippen LogP contribution in [-0.4, -0.2) is 42.6 Å². The topological polar surface area (TPSA) is 112 Å². The van der Waals surface area contributed by atoms with Crippen molar-refractivity contribution in [3.63, 3.8) is 0 Å². The molecule has 2 aromatic carbocycles. The van der Waals surface area contributed by atoms with Gasteiger partial charge in [-0.3, -0.25) is 9.36 Å². The lowest BCUT2D eigenvalue weighted by molar-refractivity contribution is -0.141. The van der Waals surface area contributed by atoms with Crippen LogP contribution in [0.1, 0.15) is 17.3 Å². The normalized spacial score (nSPS) is 12.3. The molecule has 1 N–H and O–H groups in total. The Kier molecular flexibility index (Phi) is 5.60. The second-order valence-electron chi connectivity index (χ2n) is 7.86. The molecule has 9 nitrogen and oxygen atoms in total. The van der Waals surface area contributed by atoms with E-state index in [1.165, 1.54) is 10.8 Å². The molecule has 5 rings (SSSR count). The molecule has 0 radical (unpaired) electrons. The minimum absolute atomic E-state index is 0.0420. The summed E-state index contributed by atoms with van der Waals surface area (Å²) in [5, 5.41) is 23.0. The summed E-state index contributed by atoms with van der Waals surface area (Å²) in [6.07, 6.45) is 1.64. The standard InChI is InChI=1S/C25H21N5O4/c1-34-15-18-21(17-10-6-3-7-11-17)23-27-26-22-19(30(23)28-18)12-13-29(24(22)31)20(25(32)33)14-16-8-4-2-5-9-16/h2-13,20H,14-15H2,1H3,(H,32,33)/t20-/m1/s1. The van der Waals surface area contributed by atoms with Crippen molar-refractivity contribution in [2.45, 2.75) is 19.1 Å². The van der Waals surface area contributed by atoms with E-state index in [1.807, 2.05) is 60.7 Å². The number of carboxylic acids is 1. The van der Waals surface area contributed by atoms with Gasteiger partial charge in [0.25, 0.3) is 5.56 Å². The van der Waals surface area contributed by atoms with Crippen molar-refractivity contribution in [3.8, 4) is 11.1 Å². The first kappa shape index (κ1) is 21.5. The van der Waals surface area contributed by atoms with Gasteiger partial charge in [-0.1, -0.05) is 60.7 Å². The lowest BCUT2D eigenvalue weighted by Crippen LogP contribution is -2.31. The number of pyridine rings is 1. The molecule has 0 spiro atoms. The molecule has 9 heteroatoms. The fraction of sp³-hybridized carbons (Fsp3) is 0.160. The van der Waals surface area contributed by atoms with E-state index in [2.05, 4.69) is 15.3 Å². The Hall–Kier alpha value is -4.37. The van der Waals surface area contributed by atoms with Gasteiger partial charge in [-0.15, -0.1) is 10.2 Å². The number of nitrogens with zero attached hydrogens (tertiary/aromatic N) is 5. The fourth-order valence-electron chi connectivity index (χ4n) is 4.13. The Balaban J connectivity index is 1.68. The molecule has 0 fully saturated rings. The fourth-order valence-corrected chi connectivity index (χ4v) is 4.13. The Morgan fingerprint density at radius 1 is 1.03 bits per heavy atom. The van der Waals surface area contributed by atoms with E-state index in [4.69, 9.17) is 4.74 Å². The zero-order valence-corrected chi connectivity index (χ0v) is 18.3. The van der Waals surface area contributed by atoms with E-state index in [-0.39, 0.29) is 18.5 Å². The summed E-state index contributed by atoms with van der Waals surface area (Å²) in [6, 6.07) is 19.4. The molecule has 5 aromatic rings. The largest absolute Gasteiger partial charge is 0.480 e. The van der Waals surface area contributed by atoms with Crippen LogP contribution in [0, 0.1) is 0 Å². The highest BCUT2D eigenvalue weighted by atomic mass is 16.5. The SMILES string of the molecule is COCc1nn2c(nnc3c(=O)n([C@H](Cc4ccccc4)C(=O)O)ccc32)c1-c1ccccc1.